The number of halogens is 1. The molecule has 0 spiro atoms. The Morgan fingerprint density at radius 1 is 1.35 bits per heavy atom. The van der Waals surface area contributed by atoms with Crippen molar-refractivity contribution in [3.63, 3.8) is 0 Å². The molecule has 0 bridgehead atoms. The molecule has 140 valence electrons. The first-order chi connectivity index (χ1) is 12.6. The van der Waals surface area contributed by atoms with E-state index in [-0.39, 0.29) is 12.4 Å². The number of likely N-dealkylation sites (tertiary alicyclic amines) is 1. The van der Waals surface area contributed by atoms with Crippen LogP contribution in [0.4, 0.5) is 4.39 Å². The number of rotatable bonds is 7. The second kappa shape index (κ2) is 8.75. The van der Waals surface area contributed by atoms with Crippen molar-refractivity contribution in [1.29, 1.82) is 0 Å². The second-order valence-electron chi connectivity index (χ2n) is 6.76. The van der Waals surface area contributed by atoms with Crippen LogP contribution in [0.1, 0.15) is 25.3 Å². The second-order valence-corrected chi connectivity index (χ2v) is 7.70. The van der Waals surface area contributed by atoms with E-state index in [0.717, 1.165) is 49.5 Å². The molecule has 1 N–H and O–H groups in total. The molecule has 0 saturated carbocycles. The van der Waals surface area contributed by atoms with E-state index >= 15 is 0 Å². The molecule has 1 aliphatic heterocycles. The zero-order valence-electron chi connectivity index (χ0n) is 15.0. The Kier molecular flexibility index (Phi) is 6.40. The summed E-state index contributed by atoms with van der Waals surface area (Å²) in [5, 5.41) is 11.0. The van der Waals surface area contributed by atoms with Crippen LogP contribution in [0, 0.1) is 5.82 Å². The monoisotopic (exact) mass is 376 g/mol. The number of carboxylic acid groups (broad SMARTS) is 1. The Morgan fingerprint density at radius 3 is 2.73 bits per heavy atom. The lowest BCUT2D eigenvalue weighted by atomic mass is 10.0. The third-order valence-corrected chi connectivity index (χ3v) is 5.94. The van der Waals surface area contributed by atoms with Crippen LogP contribution in [0.5, 0.6) is 0 Å². The van der Waals surface area contributed by atoms with Crippen LogP contribution >= 0.6 is 11.3 Å². The van der Waals surface area contributed by atoms with Gasteiger partial charge in [0, 0.05) is 23.0 Å². The van der Waals surface area contributed by atoms with Gasteiger partial charge >= 0.3 is 5.97 Å². The number of carbonyl (C=O) groups is 1. The minimum Gasteiger partial charge on any atom is -0.480 e. The van der Waals surface area contributed by atoms with Crippen LogP contribution < -0.4 is 0 Å². The van der Waals surface area contributed by atoms with E-state index in [2.05, 4.69) is 4.90 Å². The van der Waals surface area contributed by atoms with Crippen molar-refractivity contribution in [2.24, 2.45) is 0 Å². The van der Waals surface area contributed by atoms with Gasteiger partial charge in [-0.05, 0) is 61.6 Å². The number of hydrogen-bond acceptors (Lipinski definition) is 4. The van der Waals surface area contributed by atoms with E-state index in [1.165, 1.54) is 0 Å². The number of piperidine rings is 1. The maximum absolute atomic E-state index is 14.1. The van der Waals surface area contributed by atoms with Crippen LogP contribution in [0.25, 0.3) is 10.4 Å². The highest BCUT2D eigenvalue weighted by atomic mass is 32.1. The lowest BCUT2D eigenvalue weighted by Crippen LogP contribution is -2.46. The fraction of sp³-hybridized carbons (Fsp3) is 0.450. The standard InChI is InChI=1S/C20H25FN2O2S/c1-2-23(14-20(24)25)16-7-9-22(10-8-16)13-15-5-6-18(21)17(12-15)19-4-3-11-26-19/h3-6,11-12,16H,2,7-10,13-14H2,1H3,(H,24,25). The van der Waals surface area contributed by atoms with E-state index in [1.54, 1.807) is 17.4 Å². The highest BCUT2D eigenvalue weighted by Crippen LogP contribution is 2.29. The van der Waals surface area contributed by atoms with Gasteiger partial charge < -0.3 is 5.11 Å². The van der Waals surface area contributed by atoms with Gasteiger partial charge in [-0.3, -0.25) is 14.6 Å². The highest BCUT2D eigenvalue weighted by Gasteiger charge is 2.25. The predicted molar refractivity (Wildman–Crippen MR) is 103 cm³/mol. The molecule has 6 heteroatoms. The Labute approximate surface area is 157 Å². The molecule has 2 aromatic rings. The third kappa shape index (κ3) is 4.69. The lowest BCUT2D eigenvalue weighted by Gasteiger charge is -2.37. The van der Waals surface area contributed by atoms with Crippen molar-refractivity contribution >= 4 is 17.3 Å². The molecule has 0 radical (unpaired) electrons. The number of likely N-dealkylation sites (N-methyl/N-ethyl adjacent to an activating group) is 1. The zero-order valence-corrected chi connectivity index (χ0v) is 15.8. The number of aliphatic carboxylic acids is 1. The van der Waals surface area contributed by atoms with Gasteiger partial charge in [0.1, 0.15) is 5.82 Å². The molecule has 26 heavy (non-hydrogen) atoms. The van der Waals surface area contributed by atoms with Crippen LogP contribution in [-0.4, -0.2) is 53.1 Å². The minimum atomic E-state index is -0.762. The molecule has 3 rings (SSSR count). The summed E-state index contributed by atoms with van der Waals surface area (Å²) in [7, 11) is 0. The first-order valence-electron chi connectivity index (χ1n) is 9.07. The normalized spacial score (nSPS) is 16.3. The van der Waals surface area contributed by atoms with Gasteiger partial charge in [0.15, 0.2) is 0 Å². The number of thiophene rings is 1. The summed E-state index contributed by atoms with van der Waals surface area (Å²) in [5.41, 5.74) is 1.79. The van der Waals surface area contributed by atoms with Crippen molar-refractivity contribution in [3.05, 3.63) is 47.1 Å². The van der Waals surface area contributed by atoms with Crippen LogP contribution in [0.15, 0.2) is 35.7 Å². The zero-order chi connectivity index (χ0) is 18.5. The minimum absolute atomic E-state index is 0.114. The summed E-state index contributed by atoms with van der Waals surface area (Å²) in [5.74, 6) is -0.941. The quantitative estimate of drug-likeness (QED) is 0.795. The fourth-order valence-corrected chi connectivity index (χ4v) is 4.41. The average molecular weight is 376 g/mol. The lowest BCUT2D eigenvalue weighted by molar-refractivity contribution is -0.139. The topological polar surface area (TPSA) is 43.8 Å². The average Bonchev–Trinajstić information content (AvgIpc) is 3.16. The van der Waals surface area contributed by atoms with E-state index in [1.807, 2.05) is 41.5 Å². The molecular weight excluding hydrogens is 351 g/mol. The fourth-order valence-electron chi connectivity index (χ4n) is 3.67. The molecule has 1 aromatic carbocycles. The molecule has 4 nitrogen and oxygen atoms in total. The van der Waals surface area contributed by atoms with E-state index in [0.29, 0.717) is 11.6 Å². The van der Waals surface area contributed by atoms with Gasteiger partial charge in [0.2, 0.25) is 0 Å². The van der Waals surface area contributed by atoms with Gasteiger partial charge in [-0.25, -0.2) is 4.39 Å². The van der Waals surface area contributed by atoms with E-state index in [4.69, 9.17) is 5.11 Å². The van der Waals surface area contributed by atoms with Gasteiger partial charge in [-0.1, -0.05) is 19.1 Å². The highest BCUT2D eigenvalue weighted by molar-refractivity contribution is 7.13. The Morgan fingerprint density at radius 2 is 2.12 bits per heavy atom. The van der Waals surface area contributed by atoms with Crippen LogP contribution in [0.3, 0.4) is 0 Å². The molecule has 0 atom stereocenters. The summed E-state index contributed by atoms with van der Waals surface area (Å²) in [6.45, 7) is 5.57. The van der Waals surface area contributed by atoms with Gasteiger partial charge in [0.05, 0.1) is 6.54 Å². The van der Waals surface area contributed by atoms with E-state index < -0.39 is 5.97 Å². The van der Waals surface area contributed by atoms with Crippen molar-refractivity contribution in [2.75, 3.05) is 26.2 Å². The molecule has 0 aliphatic carbocycles. The maximum Gasteiger partial charge on any atom is 0.317 e. The summed E-state index contributed by atoms with van der Waals surface area (Å²) >= 11 is 1.55. The number of hydrogen-bond donors (Lipinski definition) is 1. The first kappa shape index (κ1) is 19.0. The number of nitrogens with zero attached hydrogens (tertiary/aromatic N) is 2. The molecule has 0 amide bonds. The van der Waals surface area contributed by atoms with Crippen LogP contribution in [0.2, 0.25) is 0 Å². The Balaban J connectivity index is 1.60. The third-order valence-electron chi connectivity index (χ3n) is 5.04. The smallest absolute Gasteiger partial charge is 0.317 e. The maximum atomic E-state index is 14.1. The molecule has 1 saturated heterocycles. The van der Waals surface area contributed by atoms with Gasteiger partial charge in [-0.2, -0.15) is 0 Å². The van der Waals surface area contributed by atoms with E-state index in [9.17, 15) is 9.18 Å². The summed E-state index contributed by atoms with van der Waals surface area (Å²) in [6.07, 6.45) is 1.94. The summed E-state index contributed by atoms with van der Waals surface area (Å²) in [6, 6.07) is 9.59. The van der Waals surface area contributed by atoms with Gasteiger partial charge in [-0.15, -0.1) is 11.3 Å². The molecular formula is C20H25FN2O2S. The molecule has 0 unspecified atom stereocenters. The van der Waals surface area contributed by atoms with Crippen molar-refractivity contribution in [2.45, 2.75) is 32.4 Å². The largest absolute Gasteiger partial charge is 0.480 e. The molecule has 2 heterocycles. The molecule has 1 aliphatic rings. The Hall–Kier alpha value is -1.76. The predicted octanol–water partition coefficient (Wildman–Crippen LogP) is 3.93. The first-order valence-corrected chi connectivity index (χ1v) is 9.95. The number of carboxylic acids is 1. The molecule has 1 fully saturated rings. The molecule has 1 aromatic heterocycles. The van der Waals surface area contributed by atoms with Crippen molar-refractivity contribution in [1.82, 2.24) is 9.80 Å². The van der Waals surface area contributed by atoms with Crippen LogP contribution in [-0.2, 0) is 11.3 Å². The van der Waals surface area contributed by atoms with Crippen molar-refractivity contribution < 1.29 is 14.3 Å². The summed E-state index contributed by atoms with van der Waals surface area (Å²) in [4.78, 5) is 16.4. The SMILES string of the molecule is CCN(CC(=O)O)C1CCN(Cc2ccc(F)c(-c3cccs3)c2)CC1. The number of benzene rings is 1. The van der Waals surface area contributed by atoms with Gasteiger partial charge in [0.25, 0.3) is 0 Å². The van der Waals surface area contributed by atoms with Crippen molar-refractivity contribution in [3.8, 4) is 10.4 Å². The summed E-state index contributed by atoms with van der Waals surface area (Å²) < 4.78 is 14.1. The Bertz CT molecular complexity index is 727.